The maximum Gasteiger partial charge on any atom is 0.197 e. The van der Waals surface area contributed by atoms with E-state index in [9.17, 15) is 5.26 Å². The molecule has 4 heteroatoms. The number of hydrogen-bond donors (Lipinski definition) is 0. The summed E-state index contributed by atoms with van der Waals surface area (Å²) in [7, 11) is 0. The maximum atomic E-state index is 10.8. The van der Waals surface area contributed by atoms with Crippen LogP contribution in [0.3, 0.4) is 0 Å². The summed E-state index contributed by atoms with van der Waals surface area (Å²) in [6.07, 6.45) is 0. The van der Waals surface area contributed by atoms with Gasteiger partial charge in [-0.2, -0.15) is 5.26 Å². The van der Waals surface area contributed by atoms with E-state index in [0.29, 0.717) is 11.3 Å². The highest BCUT2D eigenvalue weighted by Crippen LogP contribution is 2.42. The molecule has 48 heavy (non-hydrogen) atoms. The molecule has 0 fully saturated rings. The number of para-hydroxylation sites is 3. The monoisotopic (exact) mass is 610 g/mol. The summed E-state index contributed by atoms with van der Waals surface area (Å²) in [6.45, 7) is 7.92. The summed E-state index contributed by atoms with van der Waals surface area (Å²) >= 11 is 0. The number of benzene rings is 7. The molecule has 9 aromatic rings. The van der Waals surface area contributed by atoms with Crippen LogP contribution in [0, 0.1) is 17.9 Å². The Balaban J connectivity index is 1.36. The van der Waals surface area contributed by atoms with Crippen LogP contribution in [0.2, 0.25) is 0 Å². The number of nitrogens with zero attached hydrogens (tertiary/aromatic N) is 4. The van der Waals surface area contributed by atoms with Gasteiger partial charge in [-0.3, -0.25) is 0 Å². The minimum Gasteiger partial charge on any atom is -0.311 e. The van der Waals surface area contributed by atoms with Crippen molar-refractivity contribution >= 4 is 49.3 Å². The van der Waals surface area contributed by atoms with Gasteiger partial charge < -0.3 is 9.13 Å². The molecule has 7 aromatic carbocycles. The lowest BCUT2D eigenvalue weighted by Crippen LogP contribution is -2.00. The maximum absolute atomic E-state index is 10.8. The minimum absolute atomic E-state index is 0.618. The zero-order chi connectivity index (χ0) is 32.2. The number of rotatable bonds is 4. The van der Waals surface area contributed by atoms with Crippen molar-refractivity contribution in [3.05, 3.63) is 175 Å². The summed E-state index contributed by atoms with van der Waals surface area (Å²) in [5.41, 5.74) is 11.1. The van der Waals surface area contributed by atoms with Gasteiger partial charge in [-0.05, 0) is 65.0 Å². The van der Waals surface area contributed by atoms with Gasteiger partial charge in [-0.1, -0.05) is 109 Å². The third kappa shape index (κ3) is 4.07. The molecule has 0 saturated carbocycles. The van der Waals surface area contributed by atoms with Gasteiger partial charge in [0.05, 0.1) is 28.7 Å². The number of aromatic nitrogens is 2. The van der Waals surface area contributed by atoms with Crippen LogP contribution in [0.4, 0.5) is 5.69 Å². The zero-order valence-electron chi connectivity index (χ0n) is 25.8. The van der Waals surface area contributed by atoms with Gasteiger partial charge in [0.1, 0.15) is 6.07 Å². The summed E-state index contributed by atoms with van der Waals surface area (Å²) < 4.78 is 4.54. The molecule has 4 nitrogen and oxygen atoms in total. The second-order valence-electron chi connectivity index (χ2n) is 11.9. The standard InChI is InChI=1S/C44H26N4/c1-46-39-20-12-24-43-44(39)35-19-7-10-23-42(35)48(43)32-26-36(29-13-3-2-4-14-29)38(28-45)37(27-32)30-15-11-16-31(25-30)47-40-21-8-5-17-33(40)34-18-6-9-22-41(34)47/h2-27H. The summed E-state index contributed by atoms with van der Waals surface area (Å²) in [6, 6.07) is 56.6. The van der Waals surface area contributed by atoms with Crippen LogP contribution in [0.15, 0.2) is 158 Å². The molecule has 0 N–H and O–H groups in total. The van der Waals surface area contributed by atoms with Crippen LogP contribution in [0.1, 0.15) is 5.56 Å². The quantitative estimate of drug-likeness (QED) is 0.183. The van der Waals surface area contributed by atoms with E-state index in [4.69, 9.17) is 6.57 Å². The van der Waals surface area contributed by atoms with Gasteiger partial charge in [0, 0.05) is 44.2 Å². The van der Waals surface area contributed by atoms with Crippen LogP contribution >= 0.6 is 0 Å². The Kier molecular flexibility index (Phi) is 6.22. The predicted molar refractivity (Wildman–Crippen MR) is 197 cm³/mol. The molecule has 0 bridgehead atoms. The van der Waals surface area contributed by atoms with Crippen LogP contribution in [0.25, 0.3) is 82.1 Å². The van der Waals surface area contributed by atoms with Crippen molar-refractivity contribution in [2.45, 2.75) is 0 Å². The molecule has 0 aliphatic rings. The number of hydrogen-bond acceptors (Lipinski definition) is 1. The Bertz CT molecular complexity index is 2750. The van der Waals surface area contributed by atoms with E-state index < -0.39 is 0 Å². The molecule has 2 heterocycles. The normalized spacial score (nSPS) is 11.3. The molecule has 2 aromatic heterocycles. The van der Waals surface area contributed by atoms with Gasteiger partial charge in [0.2, 0.25) is 0 Å². The van der Waals surface area contributed by atoms with Crippen LogP contribution in [-0.2, 0) is 0 Å². The molecule has 9 rings (SSSR count). The molecule has 0 aliphatic heterocycles. The smallest absolute Gasteiger partial charge is 0.197 e. The fourth-order valence-corrected chi connectivity index (χ4v) is 7.33. The Morgan fingerprint density at radius 1 is 0.479 bits per heavy atom. The Morgan fingerprint density at radius 3 is 1.67 bits per heavy atom. The first-order chi connectivity index (χ1) is 23.7. The molecule has 0 unspecified atom stereocenters. The lowest BCUT2D eigenvalue weighted by Gasteiger charge is -2.17. The second kappa shape index (κ2) is 10.9. The summed E-state index contributed by atoms with van der Waals surface area (Å²) in [5.74, 6) is 0. The Labute approximate surface area is 277 Å². The van der Waals surface area contributed by atoms with E-state index >= 15 is 0 Å². The second-order valence-corrected chi connectivity index (χ2v) is 11.9. The third-order valence-corrected chi connectivity index (χ3v) is 9.37. The van der Waals surface area contributed by atoms with Gasteiger partial charge >= 0.3 is 0 Å². The van der Waals surface area contributed by atoms with Crippen molar-refractivity contribution < 1.29 is 0 Å². The molecule has 0 atom stereocenters. The van der Waals surface area contributed by atoms with Crippen molar-refractivity contribution in [1.29, 1.82) is 5.26 Å². The zero-order valence-corrected chi connectivity index (χ0v) is 25.8. The molecule has 0 amide bonds. The van der Waals surface area contributed by atoms with E-state index in [2.05, 4.69) is 135 Å². The lowest BCUT2D eigenvalue weighted by atomic mass is 9.91. The van der Waals surface area contributed by atoms with Crippen molar-refractivity contribution in [2.24, 2.45) is 0 Å². The first-order valence-electron chi connectivity index (χ1n) is 15.9. The molecule has 222 valence electrons. The first-order valence-corrected chi connectivity index (χ1v) is 15.9. The summed E-state index contributed by atoms with van der Waals surface area (Å²) in [4.78, 5) is 3.88. The third-order valence-electron chi connectivity index (χ3n) is 9.37. The van der Waals surface area contributed by atoms with Crippen molar-refractivity contribution in [3.63, 3.8) is 0 Å². The fraction of sp³-hybridized carbons (Fsp3) is 0. The topological polar surface area (TPSA) is 38.0 Å². The molecular weight excluding hydrogens is 585 g/mol. The number of fused-ring (bicyclic) bond motifs is 6. The van der Waals surface area contributed by atoms with Crippen molar-refractivity contribution in [2.75, 3.05) is 0 Å². The van der Waals surface area contributed by atoms with E-state index in [1.54, 1.807) is 0 Å². The first kappa shape index (κ1) is 27.4. The molecule has 0 spiro atoms. The largest absolute Gasteiger partial charge is 0.311 e. The number of nitriles is 1. The SMILES string of the molecule is [C-]#[N+]c1cccc2c1c1ccccc1n2-c1cc(-c2ccccc2)c(C#N)c(-c2cccc(-n3c4ccccc4c4ccccc43)c2)c1. The minimum atomic E-state index is 0.618. The van der Waals surface area contributed by atoms with E-state index in [-0.39, 0.29) is 0 Å². The van der Waals surface area contributed by atoms with Gasteiger partial charge in [0.25, 0.3) is 0 Å². The van der Waals surface area contributed by atoms with E-state index in [1.165, 1.54) is 10.8 Å². The molecule has 0 saturated heterocycles. The highest BCUT2D eigenvalue weighted by molar-refractivity contribution is 6.15. The van der Waals surface area contributed by atoms with Gasteiger partial charge in [-0.25, -0.2) is 4.85 Å². The van der Waals surface area contributed by atoms with Gasteiger partial charge in [0.15, 0.2) is 5.69 Å². The van der Waals surface area contributed by atoms with Crippen LogP contribution in [0.5, 0.6) is 0 Å². The van der Waals surface area contributed by atoms with E-state index in [1.807, 2.05) is 42.5 Å². The van der Waals surface area contributed by atoms with Crippen molar-refractivity contribution in [3.8, 4) is 39.7 Å². The van der Waals surface area contributed by atoms with Crippen LogP contribution < -0.4 is 0 Å². The highest BCUT2D eigenvalue weighted by atomic mass is 15.0. The fourth-order valence-electron chi connectivity index (χ4n) is 7.33. The Morgan fingerprint density at radius 2 is 1.00 bits per heavy atom. The van der Waals surface area contributed by atoms with Crippen LogP contribution in [-0.4, -0.2) is 9.13 Å². The Hall–Kier alpha value is -6.88. The average Bonchev–Trinajstić information content (AvgIpc) is 3.68. The highest BCUT2D eigenvalue weighted by Gasteiger charge is 2.20. The molecule has 0 radical (unpaired) electrons. The van der Waals surface area contributed by atoms with Gasteiger partial charge in [-0.15, -0.1) is 0 Å². The van der Waals surface area contributed by atoms with E-state index in [0.717, 1.165) is 66.5 Å². The van der Waals surface area contributed by atoms with Crippen molar-refractivity contribution in [1.82, 2.24) is 9.13 Å². The lowest BCUT2D eigenvalue weighted by molar-refractivity contribution is 1.17. The molecular formula is C44H26N4. The summed E-state index contributed by atoms with van der Waals surface area (Å²) in [5, 5.41) is 15.2. The average molecular weight is 611 g/mol. The predicted octanol–water partition coefficient (Wildman–Crippen LogP) is 11.6. The molecule has 0 aliphatic carbocycles.